The van der Waals surface area contributed by atoms with Crippen LogP contribution in [0.2, 0.25) is 0 Å². The first kappa shape index (κ1) is 18.5. The van der Waals surface area contributed by atoms with Crippen molar-refractivity contribution < 1.29 is 19.1 Å². The number of nitrogens with one attached hydrogen (secondary N) is 2. The SMILES string of the molecule is COCCOc1ccc(C(=O)Nc2ccc(C)c(NC(C)=O)c2)cc1. The smallest absolute Gasteiger partial charge is 0.255 e. The molecule has 2 N–H and O–H groups in total. The van der Waals surface area contributed by atoms with Gasteiger partial charge in [0.05, 0.1) is 6.61 Å². The Morgan fingerprint density at radius 2 is 1.72 bits per heavy atom. The summed E-state index contributed by atoms with van der Waals surface area (Å²) in [4.78, 5) is 23.6. The van der Waals surface area contributed by atoms with E-state index in [1.165, 1.54) is 6.92 Å². The Balaban J connectivity index is 2.03. The Hall–Kier alpha value is -2.86. The van der Waals surface area contributed by atoms with Gasteiger partial charge in [0.1, 0.15) is 12.4 Å². The highest BCUT2D eigenvalue weighted by Gasteiger charge is 2.08. The van der Waals surface area contributed by atoms with Crippen molar-refractivity contribution in [3.8, 4) is 5.75 Å². The Kier molecular flexibility index (Phi) is 6.54. The molecule has 0 saturated heterocycles. The maximum Gasteiger partial charge on any atom is 0.255 e. The number of ether oxygens (including phenoxy) is 2. The van der Waals surface area contributed by atoms with Crippen LogP contribution >= 0.6 is 0 Å². The van der Waals surface area contributed by atoms with E-state index in [9.17, 15) is 9.59 Å². The van der Waals surface area contributed by atoms with Gasteiger partial charge >= 0.3 is 0 Å². The van der Waals surface area contributed by atoms with Crippen LogP contribution in [0, 0.1) is 6.92 Å². The van der Waals surface area contributed by atoms with Crippen LogP contribution in [0.3, 0.4) is 0 Å². The van der Waals surface area contributed by atoms with Crippen LogP contribution < -0.4 is 15.4 Å². The van der Waals surface area contributed by atoms with E-state index in [4.69, 9.17) is 9.47 Å². The van der Waals surface area contributed by atoms with E-state index in [-0.39, 0.29) is 11.8 Å². The van der Waals surface area contributed by atoms with Crippen molar-refractivity contribution in [1.82, 2.24) is 0 Å². The molecule has 2 aromatic rings. The average molecular weight is 342 g/mol. The molecule has 0 spiro atoms. The minimum atomic E-state index is -0.235. The minimum absolute atomic E-state index is 0.157. The second kappa shape index (κ2) is 8.84. The Morgan fingerprint density at radius 1 is 1.00 bits per heavy atom. The van der Waals surface area contributed by atoms with E-state index in [0.717, 1.165) is 5.56 Å². The van der Waals surface area contributed by atoms with Crippen LogP contribution in [0.15, 0.2) is 42.5 Å². The molecule has 2 aromatic carbocycles. The summed E-state index contributed by atoms with van der Waals surface area (Å²) < 4.78 is 10.4. The normalized spacial score (nSPS) is 10.2. The van der Waals surface area contributed by atoms with Gasteiger partial charge in [0.2, 0.25) is 5.91 Å². The van der Waals surface area contributed by atoms with Gasteiger partial charge in [-0.2, -0.15) is 0 Å². The molecule has 0 heterocycles. The molecule has 0 aliphatic carbocycles. The molecule has 0 radical (unpaired) electrons. The highest BCUT2D eigenvalue weighted by Crippen LogP contribution is 2.21. The maximum absolute atomic E-state index is 12.3. The van der Waals surface area contributed by atoms with Crippen LogP contribution in [0.5, 0.6) is 5.75 Å². The monoisotopic (exact) mass is 342 g/mol. The van der Waals surface area contributed by atoms with E-state index in [1.54, 1.807) is 43.5 Å². The van der Waals surface area contributed by atoms with Gasteiger partial charge in [0, 0.05) is 31.0 Å². The van der Waals surface area contributed by atoms with Crippen molar-refractivity contribution in [2.24, 2.45) is 0 Å². The molecule has 0 aliphatic rings. The third kappa shape index (κ3) is 5.61. The summed E-state index contributed by atoms with van der Waals surface area (Å²) in [6.07, 6.45) is 0. The molecule has 0 aromatic heterocycles. The fourth-order valence-corrected chi connectivity index (χ4v) is 2.17. The van der Waals surface area contributed by atoms with E-state index in [0.29, 0.717) is 35.9 Å². The van der Waals surface area contributed by atoms with Crippen molar-refractivity contribution >= 4 is 23.2 Å². The Morgan fingerprint density at radius 3 is 2.36 bits per heavy atom. The summed E-state index contributed by atoms with van der Waals surface area (Å²) in [5, 5.41) is 5.56. The second-order valence-electron chi connectivity index (χ2n) is 5.53. The zero-order valence-corrected chi connectivity index (χ0v) is 14.6. The van der Waals surface area contributed by atoms with Crippen LogP contribution in [0.4, 0.5) is 11.4 Å². The zero-order valence-electron chi connectivity index (χ0n) is 14.6. The number of carbonyl (C=O) groups is 2. The van der Waals surface area contributed by atoms with Gasteiger partial charge in [0.15, 0.2) is 0 Å². The lowest BCUT2D eigenvalue weighted by atomic mass is 10.1. The predicted molar refractivity (Wildman–Crippen MR) is 97.2 cm³/mol. The number of methoxy groups -OCH3 is 1. The summed E-state index contributed by atoms with van der Waals surface area (Å²) in [7, 11) is 1.61. The predicted octanol–water partition coefficient (Wildman–Crippen LogP) is 3.23. The largest absolute Gasteiger partial charge is 0.491 e. The fraction of sp³-hybridized carbons (Fsp3) is 0.263. The van der Waals surface area contributed by atoms with Gasteiger partial charge in [-0.25, -0.2) is 0 Å². The van der Waals surface area contributed by atoms with E-state index < -0.39 is 0 Å². The third-order valence-corrected chi connectivity index (χ3v) is 3.48. The highest BCUT2D eigenvalue weighted by atomic mass is 16.5. The molecule has 0 atom stereocenters. The lowest BCUT2D eigenvalue weighted by Crippen LogP contribution is -2.13. The van der Waals surface area contributed by atoms with Crippen molar-refractivity contribution in [2.75, 3.05) is 31.0 Å². The molecule has 0 unspecified atom stereocenters. The first-order valence-corrected chi connectivity index (χ1v) is 7.91. The average Bonchev–Trinajstić information content (AvgIpc) is 2.58. The molecular formula is C19H22N2O4. The van der Waals surface area contributed by atoms with Gasteiger partial charge in [-0.05, 0) is 48.9 Å². The number of hydrogen-bond donors (Lipinski definition) is 2. The molecule has 0 bridgehead atoms. The molecular weight excluding hydrogens is 320 g/mol. The summed E-state index contributed by atoms with van der Waals surface area (Å²) >= 11 is 0. The van der Waals surface area contributed by atoms with E-state index >= 15 is 0 Å². The Bertz CT molecular complexity index is 742. The minimum Gasteiger partial charge on any atom is -0.491 e. The van der Waals surface area contributed by atoms with Gasteiger partial charge in [0.25, 0.3) is 5.91 Å². The van der Waals surface area contributed by atoms with Gasteiger partial charge in [-0.15, -0.1) is 0 Å². The summed E-state index contributed by atoms with van der Waals surface area (Å²) in [5.74, 6) is 0.286. The molecule has 25 heavy (non-hydrogen) atoms. The van der Waals surface area contributed by atoms with Crippen molar-refractivity contribution in [3.05, 3.63) is 53.6 Å². The third-order valence-electron chi connectivity index (χ3n) is 3.48. The molecule has 6 nitrogen and oxygen atoms in total. The second-order valence-corrected chi connectivity index (χ2v) is 5.53. The molecule has 2 amide bonds. The highest BCUT2D eigenvalue weighted by molar-refractivity contribution is 6.04. The van der Waals surface area contributed by atoms with Gasteiger partial charge in [-0.1, -0.05) is 6.07 Å². The number of anilines is 2. The molecule has 0 saturated carbocycles. The van der Waals surface area contributed by atoms with Crippen molar-refractivity contribution in [3.63, 3.8) is 0 Å². The lowest BCUT2D eigenvalue weighted by Gasteiger charge is -2.11. The summed E-state index contributed by atoms with van der Waals surface area (Å²) in [5.41, 5.74) is 2.72. The number of amides is 2. The quantitative estimate of drug-likeness (QED) is 0.758. The summed E-state index contributed by atoms with van der Waals surface area (Å²) in [6, 6.07) is 12.2. The first-order chi connectivity index (χ1) is 12.0. The maximum atomic E-state index is 12.3. The van der Waals surface area contributed by atoms with Crippen molar-refractivity contribution in [1.29, 1.82) is 0 Å². The van der Waals surface area contributed by atoms with Gasteiger partial charge < -0.3 is 20.1 Å². The Labute approximate surface area is 147 Å². The molecule has 6 heteroatoms. The number of hydrogen-bond acceptors (Lipinski definition) is 4. The standard InChI is InChI=1S/C19H22N2O4/c1-13-4-7-16(12-18(13)20-14(2)22)21-19(23)15-5-8-17(9-6-15)25-11-10-24-3/h4-9,12H,10-11H2,1-3H3,(H,20,22)(H,21,23). The van der Waals surface area contributed by atoms with Crippen LogP contribution in [-0.4, -0.2) is 32.1 Å². The van der Waals surface area contributed by atoms with Crippen molar-refractivity contribution in [2.45, 2.75) is 13.8 Å². The lowest BCUT2D eigenvalue weighted by molar-refractivity contribution is -0.114. The van der Waals surface area contributed by atoms with Crippen LogP contribution in [0.1, 0.15) is 22.8 Å². The first-order valence-electron chi connectivity index (χ1n) is 7.91. The van der Waals surface area contributed by atoms with Gasteiger partial charge in [-0.3, -0.25) is 9.59 Å². The fourth-order valence-electron chi connectivity index (χ4n) is 2.17. The zero-order chi connectivity index (χ0) is 18.2. The molecule has 132 valence electrons. The number of benzene rings is 2. The molecule has 2 rings (SSSR count). The summed E-state index contributed by atoms with van der Waals surface area (Å²) in [6.45, 7) is 4.30. The van der Waals surface area contributed by atoms with Crippen LogP contribution in [-0.2, 0) is 9.53 Å². The molecule has 0 fully saturated rings. The number of rotatable bonds is 7. The number of aryl methyl sites for hydroxylation is 1. The van der Waals surface area contributed by atoms with Crippen LogP contribution in [0.25, 0.3) is 0 Å². The van der Waals surface area contributed by atoms with E-state index in [2.05, 4.69) is 10.6 Å². The topological polar surface area (TPSA) is 76.7 Å². The van der Waals surface area contributed by atoms with E-state index in [1.807, 2.05) is 13.0 Å². The molecule has 0 aliphatic heterocycles. The number of carbonyl (C=O) groups excluding carboxylic acids is 2.